The van der Waals surface area contributed by atoms with Crippen molar-refractivity contribution in [3.8, 4) is 0 Å². The van der Waals surface area contributed by atoms with E-state index >= 15 is 0 Å². The number of unbranched alkanes of at least 4 members (excludes halogenated alkanes) is 42. The van der Waals surface area contributed by atoms with Crippen molar-refractivity contribution in [3.63, 3.8) is 0 Å². The molecule has 0 spiro atoms. The van der Waals surface area contributed by atoms with Gasteiger partial charge in [-0.05, 0) is 38.5 Å². The minimum atomic E-state index is -3.00. The van der Waals surface area contributed by atoms with Crippen molar-refractivity contribution in [2.24, 2.45) is 0 Å². The number of hydrogen-bond donors (Lipinski definition) is 0. The summed E-state index contributed by atoms with van der Waals surface area (Å²) < 4.78 is 22.9. The molecule has 0 aliphatic carbocycles. The first kappa shape index (κ1) is 67.1. The predicted octanol–water partition coefficient (Wildman–Crippen LogP) is 23.5. The van der Waals surface area contributed by atoms with Gasteiger partial charge in [0.15, 0.2) is 0 Å². The zero-order valence-electron chi connectivity index (χ0n) is 48.0. The van der Waals surface area contributed by atoms with Gasteiger partial charge in [-0.3, -0.25) is 0 Å². The van der Waals surface area contributed by atoms with Crippen LogP contribution < -0.4 is 0 Å². The van der Waals surface area contributed by atoms with E-state index < -0.39 is 8.80 Å². The van der Waals surface area contributed by atoms with Crippen molar-refractivity contribution in [1.82, 2.24) is 0 Å². The van der Waals surface area contributed by atoms with Gasteiger partial charge in [-0.15, -0.1) is 0 Å². The fourth-order valence-electron chi connectivity index (χ4n) is 10.9. The molecule has 0 fully saturated rings. The lowest BCUT2D eigenvalue weighted by molar-refractivity contribution is -0.0600. The zero-order chi connectivity index (χ0) is 48.9. The van der Waals surface area contributed by atoms with Crippen LogP contribution in [0.25, 0.3) is 0 Å². The first-order valence-corrected chi connectivity index (χ1v) is 33.9. The minimum Gasteiger partial charge on any atom is -0.377 e. The highest BCUT2D eigenvalue weighted by Gasteiger charge is 2.48. The Balaban J connectivity index is 6.63. The van der Waals surface area contributed by atoms with Gasteiger partial charge in [-0.25, -0.2) is 0 Å². The van der Waals surface area contributed by atoms with E-state index in [1.807, 2.05) is 7.11 Å². The third-order valence-corrected chi connectivity index (χ3v) is 18.6. The van der Waals surface area contributed by atoms with Crippen LogP contribution in [0.1, 0.15) is 382 Å². The average Bonchev–Trinajstić information content (AvgIpc) is 3.33. The molecule has 0 N–H and O–H groups in total. The molecular weight excluding hydrogens is 833 g/mol. The number of hydrogen-bond acceptors (Lipinski definition) is 3. The maximum absolute atomic E-state index is 8.10. The molecule has 0 saturated heterocycles. The first-order chi connectivity index (χ1) is 33.0. The molecular formula is C63H130O3Si. The van der Waals surface area contributed by atoms with Crippen LogP contribution in [0.2, 0.25) is 6.04 Å². The lowest BCUT2D eigenvalue weighted by Crippen LogP contribution is -2.54. The highest BCUT2D eigenvalue weighted by Crippen LogP contribution is 2.39. The molecule has 0 amide bonds. The Hall–Kier alpha value is 0.0969. The molecule has 0 aromatic carbocycles. The van der Waals surface area contributed by atoms with E-state index in [4.69, 9.17) is 13.3 Å². The summed E-state index contributed by atoms with van der Waals surface area (Å²) in [6.45, 7) is 14.0. The van der Waals surface area contributed by atoms with E-state index in [2.05, 4.69) is 41.5 Å². The van der Waals surface area contributed by atoms with Crippen LogP contribution in [0.5, 0.6) is 0 Å². The highest BCUT2D eigenvalue weighted by molar-refractivity contribution is 6.60. The second kappa shape index (κ2) is 53.9. The molecule has 0 rings (SSSR count). The lowest BCUT2D eigenvalue weighted by atomic mass is 9.85. The molecule has 4 heteroatoms. The quantitative estimate of drug-likeness (QED) is 0.0449. The molecule has 0 aromatic rings. The van der Waals surface area contributed by atoms with Gasteiger partial charge in [0.2, 0.25) is 0 Å². The van der Waals surface area contributed by atoms with Gasteiger partial charge in [-0.1, -0.05) is 343 Å². The standard InChI is InChI=1S/C63H130O3Si/c1-8-14-20-26-32-38-44-50-56-62(57-51-45-39-33-27-21-15-9-2)65-67(64-7,61-55-49-43-37-31-25-19-13-6)66-63(58-52-46-40-34-28-22-16-10-3,59-53-47-41-35-29-23-17-11-4)60-54-48-42-36-30-24-18-12-5/h62H,8-61H2,1-7H3. The van der Waals surface area contributed by atoms with E-state index in [0.29, 0.717) is 0 Å². The molecule has 0 radical (unpaired) electrons. The Labute approximate surface area is 426 Å². The summed E-state index contributed by atoms with van der Waals surface area (Å²) in [5.74, 6) is 0. The van der Waals surface area contributed by atoms with Crippen molar-refractivity contribution in [3.05, 3.63) is 0 Å². The van der Waals surface area contributed by atoms with Gasteiger partial charge in [-0.2, -0.15) is 0 Å². The Morgan fingerprint density at radius 3 is 0.761 bits per heavy atom. The third-order valence-electron chi connectivity index (χ3n) is 15.6. The van der Waals surface area contributed by atoms with E-state index in [1.165, 1.54) is 340 Å². The van der Waals surface area contributed by atoms with Gasteiger partial charge < -0.3 is 13.3 Å². The monoisotopic (exact) mass is 963 g/mol. The molecule has 0 saturated carbocycles. The van der Waals surface area contributed by atoms with Gasteiger partial charge >= 0.3 is 8.80 Å². The largest absolute Gasteiger partial charge is 0.501 e. The van der Waals surface area contributed by atoms with Crippen molar-refractivity contribution in [1.29, 1.82) is 0 Å². The molecule has 0 heterocycles. The normalized spacial score (nSPS) is 13.1. The highest BCUT2D eigenvalue weighted by atomic mass is 28.4. The van der Waals surface area contributed by atoms with Crippen molar-refractivity contribution >= 4 is 8.80 Å². The Morgan fingerprint density at radius 2 is 0.507 bits per heavy atom. The molecule has 0 bridgehead atoms. The van der Waals surface area contributed by atoms with Crippen LogP contribution in [0.3, 0.4) is 0 Å². The van der Waals surface area contributed by atoms with E-state index in [-0.39, 0.29) is 11.7 Å². The minimum absolute atomic E-state index is 0.115. The van der Waals surface area contributed by atoms with Crippen molar-refractivity contribution in [2.75, 3.05) is 7.11 Å². The number of rotatable bonds is 59. The smallest absolute Gasteiger partial charge is 0.377 e. The summed E-state index contributed by atoms with van der Waals surface area (Å²) in [7, 11) is -0.979. The van der Waals surface area contributed by atoms with Gasteiger partial charge in [0, 0.05) is 19.3 Å². The first-order valence-electron chi connectivity index (χ1n) is 31.9. The van der Waals surface area contributed by atoms with Gasteiger partial charge in [0.25, 0.3) is 0 Å². The molecule has 0 aliphatic rings. The van der Waals surface area contributed by atoms with Crippen molar-refractivity contribution < 1.29 is 13.3 Å². The maximum atomic E-state index is 8.10. The van der Waals surface area contributed by atoms with Crippen LogP contribution in [0, 0.1) is 0 Å². The molecule has 67 heavy (non-hydrogen) atoms. The van der Waals surface area contributed by atoms with Crippen LogP contribution >= 0.6 is 0 Å². The lowest BCUT2D eigenvalue weighted by Gasteiger charge is -2.43. The SMILES string of the molecule is CCCCCCCCCCC(CCCCCCCCCC)O[Si](CCCCCCCCCC)(OC)OC(CCCCCCCCCC)(CCCCCCCCCC)CCCCCCCCCC. The molecule has 3 nitrogen and oxygen atoms in total. The molecule has 0 aromatic heterocycles. The van der Waals surface area contributed by atoms with Gasteiger partial charge in [0.1, 0.15) is 0 Å². The Kier molecular flexibility index (Phi) is 54.0. The fourth-order valence-corrected chi connectivity index (χ4v) is 14.0. The van der Waals surface area contributed by atoms with E-state index in [1.54, 1.807) is 0 Å². The zero-order valence-corrected chi connectivity index (χ0v) is 49.0. The molecule has 1 unspecified atom stereocenters. The summed E-state index contributed by atoms with van der Waals surface area (Å²) in [6.07, 6.45) is 72.0. The van der Waals surface area contributed by atoms with E-state index in [9.17, 15) is 0 Å². The summed E-state index contributed by atoms with van der Waals surface area (Å²) in [6, 6.07) is 1.01. The van der Waals surface area contributed by atoms with Crippen LogP contribution in [0.4, 0.5) is 0 Å². The van der Waals surface area contributed by atoms with Gasteiger partial charge in [0.05, 0.1) is 5.60 Å². The third kappa shape index (κ3) is 44.5. The second-order valence-electron chi connectivity index (χ2n) is 22.3. The predicted molar refractivity (Wildman–Crippen MR) is 305 cm³/mol. The molecule has 404 valence electrons. The Bertz CT molecular complexity index is 841. The fraction of sp³-hybridized carbons (Fsp3) is 1.00. The molecule has 1 atom stereocenters. The summed E-state index contributed by atoms with van der Waals surface area (Å²) in [5.41, 5.74) is -0.115. The summed E-state index contributed by atoms with van der Waals surface area (Å²) in [4.78, 5) is 0. The average molecular weight is 964 g/mol. The summed E-state index contributed by atoms with van der Waals surface area (Å²) in [5, 5.41) is 0. The Morgan fingerprint density at radius 1 is 0.284 bits per heavy atom. The summed E-state index contributed by atoms with van der Waals surface area (Å²) >= 11 is 0. The van der Waals surface area contributed by atoms with Crippen LogP contribution in [-0.4, -0.2) is 27.6 Å². The maximum Gasteiger partial charge on any atom is 0.501 e. The van der Waals surface area contributed by atoms with Crippen LogP contribution in [0.15, 0.2) is 0 Å². The van der Waals surface area contributed by atoms with E-state index in [0.717, 1.165) is 6.04 Å². The van der Waals surface area contributed by atoms with Crippen LogP contribution in [-0.2, 0) is 13.3 Å². The second-order valence-corrected chi connectivity index (χ2v) is 25.1. The van der Waals surface area contributed by atoms with Crippen molar-refractivity contribution in [2.45, 2.75) is 400 Å². The molecule has 0 aliphatic heterocycles. The topological polar surface area (TPSA) is 27.7 Å².